The Labute approximate surface area is 137 Å². The molecule has 2 rings (SSSR count). The normalized spacial score (nSPS) is 17.3. The minimum Gasteiger partial charge on any atom is -0.467 e. The lowest BCUT2D eigenvalue weighted by molar-refractivity contribution is -0.154. The van der Waals surface area contributed by atoms with Crippen molar-refractivity contribution >= 4 is 32.7 Å². The van der Waals surface area contributed by atoms with Crippen molar-refractivity contribution in [2.24, 2.45) is 0 Å². The maximum Gasteiger partial charge on any atom is 0.474 e. The summed E-state index contributed by atoms with van der Waals surface area (Å²) in [5.74, 6) is -2.98. The molecule has 1 saturated heterocycles. The van der Waals surface area contributed by atoms with Gasteiger partial charge in [0.15, 0.2) is 0 Å². The molecular weight excluding hydrogens is 338 g/mol. The first-order valence-corrected chi connectivity index (χ1v) is 8.29. The zero-order valence-corrected chi connectivity index (χ0v) is 13.4. The Morgan fingerprint density at radius 2 is 1.92 bits per heavy atom. The molecule has 126 valence electrons. The lowest BCUT2D eigenvalue weighted by Crippen LogP contribution is -2.48. The van der Waals surface area contributed by atoms with Gasteiger partial charge in [0.1, 0.15) is 6.04 Å². The van der Waals surface area contributed by atoms with Gasteiger partial charge in [-0.05, 0) is 18.6 Å². The highest BCUT2D eigenvalue weighted by atomic mass is 32.2. The molecule has 1 aliphatic heterocycles. The molecule has 1 atom stereocenters. The summed E-state index contributed by atoms with van der Waals surface area (Å²) in [5.41, 5.74) is 9.06. The van der Waals surface area contributed by atoms with Crippen LogP contribution in [0.3, 0.4) is 0 Å². The molecular formula is C14H13N3O6S. The molecule has 0 saturated carbocycles. The number of benzene rings is 1. The van der Waals surface area contributed by atoms with Gasteiger partial charge >= 0.3 is 16.9 Å². The van der Waals surface area contributed by atoms with E-state index in [-0.39, 0.29) is 17.7 Å². The first kappa shape index (κ1) is 17.5. The van der Waals surface area contributed by atoms with E-state index in [4.69, 9.17) is 5.53 Å². The van der Waals surface area contributed by atoms with E-state index < -0.39 is 38.7 Å². The van der Waals surface area contributed by atoms with Gasteiger partial charge in [-0.3, -0.25) is 14.5 Å². The van der Waals surface area contributed by atoms with E-state index in [1.165, 1.54) is 24.3 Å². The lowest BCUT2D eigenvalue weighted by atomic mass is 10.2. The van der Waals surface area contributed by atoms with Gasteiger partial charge in [0.2, 0.25) is 5.91 Å². The third-order valence-electron chi connectivity index (χ3n) is 3.49. The predicted molar refractivity (Wildman–Crippen MR) is 79.1 cm³/mol. The summed E-state index contributed by atoms with van der Waals surface area (Å²) in [7, 11) is -3.38. The van der Waals surface area contributed by atoms with E-state index in [2.05, 4.69) is 9.53 Å². The zero-order valence-electron chi connectivity index (χ0n) is 12.6. The minimum absolute atomic E-state index is 0.00133. The minimum atomic E-state index is -4.46. The van der Waals surface area contributed by atoms with Gasteiger partial charge in [-0.15, -0.1) is 4.79 Å². The zero-order chi connectivity index (χ0) is 17.9. The number of carbonyl (C=O) groups is 3. The largest absolute Gasteiger partial charge is 0.474 e. The maximum atomic E-state index is 12.5. The van der Waals surface area contributed by atoms with Crippen molar-refractivity contribution in [3.8, 4) is 0 Å². The Balaban J connectivity index is 2.45. The summed E-state index contributed by atoms with van der Waals surface area (Å²) in [6, 6.07) is 5.57. The molecule has 0 radical (unpaired) electrons. The van der Waals surface area contributed by atoms with Crippen molar-refractivity contribution in [3.05, 3.63) is 35.9 Å². The monoisotopic (exact) mass is 351 g/mol. The standard InChI is InChI=1S/C14H13N3O6S/c1-23-14(20)10-7-8-11(18)17(10)13(19)12(16-15)24(21,22)9-5-3-2-4-6-9/h2-6,10H,7-8H2,1H3/t10-/m0/s1. The van der Waals surface area contributed by atoms with Crippen LogP contribution in [-0.4, -0.2) is 54.1 Å². The molecule has 9 nitrogen and oxygen atoms in total. The van der Waals surface area contributed by atoms with E-state index in [0.29, 0.717) is 4.90 Å². The number of imide groups is 1. The maximum absolute atomic E-state index is 12.5. The first-order chi connectivity index (χ1) is 11.3. The summed E-state index contributed by atoms with van der Waals surface area (Å²) < 4.78 is 29.4. The van der Waals surface area contributed by atoms with Crippen molar-refractivity contribution in [2.75, 3.05) is 7.11 Å². The number of hydrogen-bond donors (Lipinski definition) is 0. The summed E-state index contributed by atoms with van der Waals surface area (Å²) >= 11 is 0. The van der Waals surface area contributed by atoms with Crippen molar-refractivity contribution in [1.82, 2.24) is 4.90 Å². The Morgan fingerprint density at radius 1 is 1.29 bits per heavy atom. The highest BCUT2D eigenvalue weighted by molar-refractivity contribution is 8.08. The molecule has 24 heavy (non-hydrogen) atoms. The fraction of sp³-hybridized carbons (Fsp3) is 0.286. The van der Waals surface area contributed by atoms with Gasteiger partial charge in [0.05, 0.1) is 12.0 Å². The molecule has 0 spiro atoms. The first-order valence-electron chi connectivity index (χ1n) is 6.81. The fourth-order valence-corrected chi connectivity index (χ4v) is 3.50. The van der Waals surface area contributed by atoms with Crippen LogP contribution < -0.4 is 0 Å². The second-order valence-corrected chi connectivity index (χ2v) is 6.73. The third-order valence-corrected chi connectivity index (χ3v) is 5.14. The number of rotatable bonds is 2. The van der Waals surface area contributed by atoms with Crippen molar-refractivity contribution in [1.29, 1.82) is 0 Å². The van der Waals surface area contributed by atoms with Gasteiger partial charge in [-0.1, -0.05) is 18.2 Å². The van der Waals surface area contributed by atoms with Crippen LogP contribution >= 0.6 is 0 Å². The second kappa shape index (κ2) is 6.73. The molecule has 1 aliphatic rings. The lowest BCUT2D eigenvalue weighted by Gasteiger charge is -2.18. The summed E-state index contributed by atoms with van der Waals surface area (Å²) in [6.07, 6.45) is -0.128. The summed E-state index contributed by atoms with van der Waals surface area (Å²) in [4.78, 5) is 38.8. The van der Waals surface area contributed by atoms with E-state index in [0.717, 1.165) is 7.11 Å². The van der Waals surface area contributed by atoms with Crippen molar-refractivity contribution in [2.45, 2.75) is 23.8 Å². The average Bonchev–Trinajstić information content (AvgIpc) is 2.96. The topological polar surface area (TPSA) is 134 Å². The Morgan fingerprint density at radius 3 is 2.46 bits per heavy atom. The number of nitrogens with zero attached hydrogens (tertiary/aromatic N) is 3. The molecule has 1 heterocycles. The van der Waals surface area contributed by atoms with Crippen LogP contribution in [0.5, 0.6) is 0 Å². The number of ether oxygens (including phenoxy) is 1. The molecule has 0 N–H and O–H groups in total. The van der Waals surface area contributed by atoms with Crippen LogP contribution in [0.15, 0.2) is 35.2 Å². The molecule has 0 unspecified atom stereocenters. The Bertz CT molecular complexity index is 843. The van der Waals surface area contributed by atoms with Crippen molar-refractivity contribution < 1.29 is 32.3 Å². The molecule has 0 bridgehead atoms. The third kappa shape index (κ3) is 2.97. The van der Waals surface area contributed by atoms with E-state index in [1.807, 2.05) is 0 Å². The van der Waals surface area contributed by atoms with E-state index in [9.17, 15) is 22.8 Å². The number of carbonyl (C=O) groups excluding carboxylic acids is 3. The van der Waals surface area contributed by atoms with Crippen LogP contribution in [0.4, 0.5) is 0 Å². The number of esters is 1. The van der Waals surface area contributed by atoms with Crippen LogP contribution in [0.1, 0.15) is 12.8 Å². The highest BCUT2D eigenvalue weighted by Crippen LogP contribution is 2.22. The van der Waals surface area contributed by atoms with E-state index >= 15 is 0 Å². The summed E-state index contributed by atoms with van der Waals surface area (Å²) in [6.45, 7) is 0. The number of methoxy groups -OCH3 is 1. The second-order valence-electron chi connectivity index (χ2n) is 4.87. The molecule has 0 aliphatic carbocycles. The molecule has 1 aromatic rings. The molecule has 1 fully saturated rings. The van der Waals surface area contributed by atoms with Gasteiger partial charge in [0, 0.05) is 6.42 Å². The summed E-state index contributed by atoms with van der Waals surface area (Å²) in [5, 5.41) is -1.24. The average molecular weight is 351 g/mol. The Kier molecular flexibility index (Phi) is 4.91. The van der Waals surface area contributed by atoms with Crippen LogP contribution in [0.25, 0.3) is 5.53 Å². The van der Waals surface area contributed by atoms with Gasteiger partial charge in [-0.2, -0.15) is 0 Å². The number of hydrogen-bond acceptors (Lipinski definition) is 6. The van der Waals surface area contributed by atoms with Crippen molar-refractivity contribution in [3.63, 3.8) is 0 Å². The SMILES string of the molecule is COC(=O)[C@@H]1CCC(=O)N1C(=O)C(=[N+]=[N-])S(=O)(=O)c1ccccc1. The van der Waals surface area contributed by atoms with E-state index in [1.54, 1.807) is 6.07 Å². The van der Waals surface area contributed by atoms with Gasteiger partial charge in [-0.25, -0.2) is 13.2 Å². The van der Waals surface area contributed by atoms with Crippen LogP contribution in [0.2, 0.25) is 0 Å². The molecule has 10 heteroatoms. The highest BCUT2D eigenvalue weighted by Gasteiger charge is 2.49. The molecule has 1 aromatic carbocycles. The quantitative estimate of drug-likeness (QED) is 0.238. The number of amides is 2. The van der Waals surface area contributed by atoms with Crippen LogP contribution in [-0.2, 0) is 29.0 Å². The fourth-order valence-electron chi connectivity index (χ4n) is 2.32. The number of sulfone groups is 1. The van der Waals surface area contributed by atoms with Crippen LogP contribution in [0, 0.1) is 0 Å². The molecule has 0 aromatic heterocycles. The Hall–Kier alpha value is -2.84. The number of likely N-dealkylation sites (tertiary alicyclic amines) is 1. The molecule has 2 amide bonds. The predicted octanol–water partition coefficient (Wildman–Crippen LogP) is -0.221. The van der Waals surface area contributed by atoms with Gasteiger partial charge in [0.25, 0.3) is 9.84 Å². The smallest absolute Gasteiger partial charge is 0.467 e. The van der Waals surface area contributed by atoms with Gasteiger partial charge < -0.3 is 10.3 Å².